The Bertz CT molecular complexity index is 474. The Kier molecular flexibility index (Phi) is 5.17. The van der Waals surface area contributed by atoms with E-state index in [-0.39, 0.29) is 12.5 Å². The predicted octanol–water partition coefficient (Wildman–Crippen LogP) is 0.628. The van der Waals surface area contributed by atoms with Gasteiger partial charge in [0, 0.05) is 13.6 Å². The van der Waals surface area contributed by atoms with E-state index in [4.69, 9.17) is 5.73 Å². The average Bonchev–Trinajstić information content (AvgIpc) is 2.44. The molecule has 0 bridgehead atoms. The van der Waals surface area contributed by atoms with Crippen LogP contribution in [0.4, 0.5) is 11.4 Å². The normalized spacial score (nSPS) is 9.84. The molecule has 1 aromatic rings. The molecule has 0 saturated carbocycles. The van der Waals surface area contributed by atoms with Gasteiger partial charge in [-0.3, -0.25) is 4.79 Å². The highest BCUT2D eigenvalue weighted by atomic mass is 16.5. The molecular formula is C13H19N3O3. The van der Waals surface area contributed by atoms with Crippen molar-refractivity contribution in [1.82, 2.24) is 5.32 Å². The Balaban J connectivity index is 3.08. The molecule has 0 aromatic heterocycles. The van der Waals surface area contributed by atoms with E-state index < -0.39 is 5.97 Å². The monoisotopic (exact) mass is 265 g/mol. The molecule has 1 aromatic carbocycles. The fourth-order valence-electron chi connectivity index (χ4n) is 1.68. The number of carbonyl (C=O) groups is 2. The van der Waals surface area contributed by atoms with Crippen LogP contribution in [-0.2, 0) is 9.53 Å². The molecule has 3 N–H and O–H groups in total. The minimum atomic E-state index is -0.433. The van der Waals surface area contributed by atoms with Gasteiger partial charge in [0.2, 0.25) is 5.91 Å². The third kappa shape index (κ3) is 3.61. The topological polar surface area (TPSA) is 84.7 Å². The van der Waals surface area contributed by atoms with Crippen molar-refractivity contribution in [3.05, 3.63) is 23.8 Å². The van der Waals surface area contributed by atoms with Crippen molar-refractivity contribution < 1.29 is 14.3 Å². The maximum absolute atomic E-state index is 11.5. The molecule has 104 valence electrons. The number of benzene rings is 1. The third-order valence-corrected chi connectivity index (χ3v) is 2.79. The number of nitrogen functional groups attached to an aromatic ring is 1. The minimum absolute atomic E-state index is 0.121. The van der Waals surface area contributed by atoms with Crippen molar-refractivity contribution in [2.75, 3.05) is 37.9 Å². The van der Waals surface area contributed by atoms with E-state index in [1.165, 1.54) is 7.11 Å². The minimum Gasteiger partial charge on any atom is -0.465 e. The second-order valence-electron chi connectivity index (χ2n) is 3.95. The number of nitrogens with two attached hydrogens (primary N) is 1. The van der Waals surface area contributed by atoms with E-state index in [0.717, 1.165) is 0 Å². The first-order valence-corrected chi connectivity index (χ1v) is 5.96. The first-order valence-electron chi connectivity index (χ1n) is 5.96. The number of hydrogen-bond acceptors (Lipinski definition) is 5. The largest absolute Gasteiger partial charge is 0.465 e. The van der Waals surface area contributed by atoms with Gasteiger partial charge in [0.25, 0.3) is 0 Å². The zero-order valence-electron chi connectivity index (χ0n) is 11.4. The van der Waals surface area contributed by atoms with Gasteiger partial charge in [-0.05, 0) is 25.1 Å². The Hall–Kier alpha value is -2.24. The summed E-state index contributed by atoms with van der Waals surface area (Å²) in [5.41, 5.74) is 7.46. The number of nitrogens with zero attached hydrogens (tertiary/aromatic N) is 1. The van der Waals surface area contributed by atoms with Crippen LogP contribution in [-0.4, -0.2) is 39.1 Å². The number of esters is 1. The van der Waals surface area contributed by atoms with Gasteiger partial charge in [0.1, 0.15) is 0 Å². The molecule has 0 heterocycles. The molecule has 0 fully saturated rings. The van der Waals surface area contributed by atoms with Crippen molar-refractivity contribution in [3.8, 4) is 0 Å². The quantitative estimate of drug-likeness (QED) is 0.602. The fourth-order valence-corrected chi connectivity index (χ4v) is 1.68. The Morgan fingerprint density at radius 3 is 2.63 bits per heavy atom. The zero-order valence-corrected chi connectivity index (χ0v) is 11.4. The molecule has 0 atom stereocenters. The smallest absolute Gasteiger partial charge is 0.337 e. The van der Waals surface area contributed by atoms with Gasteiger partial charge in [-0.15, -0.1) is 0 Å². The number of methoxy groups -OCH3 is 1. The van der Waals surface area contributed by atoms with Crippen LogP contribution < -0.4 is 16.0 Å². The SMILES string of the molecule is CCN(CC(=O)NC)c1cc(C(=O)OC)ccc1N. The summed E-state index contributed by atoms with van der Waals surface area (Å²) in [5.74, 6) is -0.554. The van der Waals surface area contributed by atoms with Crippen LogP contribution in [0.1, 0.15) is 17.3 Å². The van der Waals surface area contributed by atoms with Crippen LogP contribution in [0.5, 0.6) is 0 Å². The summed E-state index contributed by atoms with van der Waals surface area (Å²) in [5, 5.41) is 2.55. The van der Waals surface area contributed by atoms with E-state index in [0.29, 0.717) is 23.5 Å². The number of carbonyl (C=O) groups excluding carboxylic acids is 2. The van der Waals surface area contributed by atoms with E-state index >= 15 is 0 Å². The lowest BCUT2D eigenvalue weighted by Crippen LogP contribution is -2.36. The van der Waals surface area contributed by atoms with Gasteiger partial charge < -0.3 is 20.7 Å². The molecule has 0 aliphatic carbocycles. The summed E-state index contributed by atoms with van der Waals surface area (Å²) in [4.78, 5) is 24.8. The molecule has 1 rings (SSSR count). The molecule has 0 aliphatic heterocycles. The summed E-state index contributed by atoms with van der Waals surface area (Å²) < 4.78 is 4.67. The lowest BCUT2D eigenvalue weighted by Gasteiger charge is -2.24. The van der Waals surface area contributed by atoms with Crippen LogP contribution in [0.25, 0.3) is 0 Å². The summed E-state index contributed by atoms with van der Waals surface area (Å²) in [6.45, 7) is 2.69. The Morgan fingerprint density at radius 1 is 1.42 bits per heavy atom. The lowest BCUT2D eigenvalue weighted by molar-refractivity contribution is -0.119. The van der Waals surface area contributed by atoms with Crippen LogP contribution >= 0.6 is 0 Å². The third-order valence-electron chi connectivity index (χ3n) is 2.79. The molecule has 0 saturated heterocycles. The fraction of sp³-hybridized carbons (Fsp3) is 0.385. The summed E-state index contributed by atoms with van der Waals surface area (Å²) in [6.07, 6.45) is 0. The van der Waals surface area contributed by atoms with Gasteiger partial charge in [0.05, 0.1) is 30.6 Å². The van der Waals surface area contributed by atoms with Crippen LogP contribution in [0.2, 0.25) is 0 Å². The summed E-state index contributed by atoms with van der Waals surface area (Å²) >= 11 is 0. The van der Waals surface area contributed by atoms with Gasteiger partial charge in [0.15, 0.2) is 0 Å². The molecular weight excluding hydrogens is 246 g/mol. The van der Waals surface area contributed by atoms with Crippen LogP contribution in [0.15, 0.2) is 18.2 Å². The number of ether oxygens (including phenoxy) is 1. The maximum Gasteiger partial charge on any atom is 0.337 e. The average molecular weight is 265 g/mol. The van der Waals surface area contributed by atoms with Crippen molar-refractivity contribution in [2.24, 2.45) is 0 Å². The molecule has 19 heavy (non-hydrogen) atoms. The van der Waals surface area contributed by atoms with E-state index in [1.54, 1.807) is 30.1 Å². The molecule has 1 amide bonds. The van der Waals surface area contributed by atoms with Crippen LogP contribution in [0.3, 0.4) is 0 Å². The van der Waals surface area contributed by atoms with Gasteiger partial charge in [-0.1, -0.05) is 0 Å². The first kappa shape index (κ1) is 14.8. The summed E-state index contributed by atoms with van der Waals surface area (Å²) in [7, 11) is 2.89. The second kappa shape index (κ2) is 6.63. The molecule has 0 spiro atoms. The van der Waals surface area contributed by atoms with E-state index in [2.05, 4.69) is 10.1 Å². The van der Waals surface area contributed by atoms with Crippen molar-refractivity contribution >= 4 is 23.3 Å². The van der Waals surface area contributed by atoms with Crippen molar-refractivity contribution in [1.29, 1.82) is 0 Å². The second-order valence-corrected chi connectivity index (χ2v) is 3.95. The van der Waals surface area contributed by atoms with Crippen molar-refractivity contribution in [3.63, 3.8) is 0 Å². The van der Waals surface area contributed by atoms with Crippen molar-refractivity contribution in [2.45, 2.75) is 6.92 Å². The maximum atomic E-state index is 11.5. The number of hydrogen-bond donors (Lipinski definition) is 2. The zero-order chi connectivity index (χ0) is 14.4. The van der Waals surface area contributed by atoms with Crippen LogP contribution in [0, 0.1) is 0 Å². The number of nitrogens with one attached hydrogen (secondary N) is 1. The first-order chi connectivity index (χ1) is 9.03. The Morgan fingerprint density at radius 2 is 2.11 bits per heavy atom. The van der Waals surface area contributed by atoms with Gasteiger partial charge in [-0.2, -0.15) is 0 Å². The van der Waals surface area contributed by atoms with E-state index in [1.807, 2.05) is 6.92 Å². The number of rotatable bonds is 5. The lowest BCUT2D eigenvalue weighted by atomic mass is 10.1. The van der Waals surface area contributed by atoms with E-state index in [9.17, 15) is 9.59 Å². The van der Waals surface area contributed by atoms with Gasteiger partial charge in [-0.25, -0.2) is 4.79 Å². The van der Waals surface area contributed by atoms with Gasteiger partial charge >= 0.3 is 5.97 Å². The molecule has 0 radical (unpaired) electrons. The molecule has 0 unspecified atom stereocenters. The number of likely N-dealkylation sites (N-methyl/N-ethyl adjacent to an activating group) is 2. The number of anilines is 2. The highest BCUT2D eigenvalue weighted by Crippen LogP contribution is 2.24. The Labute approximate surface area is 112 Å². The number of amides is 1. The highest BCUT2D eigenvalue weighted by Gasteiger charge is 2.14. The molecule has 6 nitrogen and oxygen atoms in total. The predicted molar refractivity (Wildman–Crippen MR) is 74.1 cm³/mol. The molecule has 6 heteroatoms. The molecule has 0 aliphatic rings. The highest BCUT2D eigenvalue weighted by molar-refractivity contribution is 5.92. The summed E-state index contributed by atoms with van der Waals surface area (Å²) in [6, 6.07) is 4.86. The standard InChI is InChI=1S/C13H19N3O3/c1-4-16(8-12(17)15-2)11-7-9(13(18)19-3)5-6-10(11)14/h5-7H,4,8,14H2,1-3H3,(H,15,17).